The van der Waals surface area contributed by atoms with Gasteiger partial charge in [-0.3, -0.25) is 4.21 Å². The van der Waals surface area contributed by atoms with Crippen molar-refractivity contribution in [1.82, 2.24) is 5.32 Å². The van der Waals surface area contributed by atoms with Gasteiger partial charge in [-0.25, -0.2) is 0 Å². The molecule has 0 bridgehead atoms. The first-order valence-electron chi connectivity index (χ1n) is 6.22. The lowest BCUT2D eigenvalue weighted by atomic mass is 10.0. The fraction of sp³-hybridized carbons (Fsp3) is 0.571. The first-order valence-corrected chi connectivity index (χ1v) is 7.60. The summed E-state index contributed by atoms with van der Waals surface area (Å²) in [5.74, 6) is 0.691. The molecule has 96 valence electrons. The van der Waals surface area contributed by atoms with E-state index >= 15 is 0 Å². The van der Waals surface area contributed by atoms with E-state index in [2.05, 4.69) is 31.3 Å². The third-order valence-electron chi connectivity index (χ3n) is 2.87. The zero-order chi connectivity index (χ0) is 12.8. The first kappa shape index (κ1) is 14.4. The van der Waals surface area contributed by atoms with Crippen LogP contribution in [0.1, 0.15) is 37.9 Å². The van der Waals surface area contributed by atoms with Crippen molar-refractivity contribution in [3.05, 3.63) is 35.4 Å². The first-order chi connectivity index (χ1) is 8.06. The van der Waals surface area contributed by atoms with Crippen LogP contribution in [0.25, 0.3) is 0 Å². The van der Waals surface area contributed by atoms with Crippen LogP contribution in [0.3, 0.4) is 0 Å². The summed E-state index contributed by atoms with van der Waals surface area (Å²) in [6.07, 6.45) is 0. The average molecular weight is 253 g/mol. The molecule has 1 rings (SSSR count). The number of rotatable bonds is 6. The SMILES string of the molecule is CCNC(CS(=O)C(C)C)c1ccccc1C. The van der Waals surface area contributed by atoms with Crippen LogP contribution in [0.5, 0.6) is 0 Å². The Hall–Kier alpha value is -0.670. The van der Waals surface area contributed by atoms with E-state index in [1.165, 1.54) is 11.1 Å². The molecule has 0 aliphatic carbocycles. The third-order valence-corrected chi connectivity index (χ3v) is 4.58. The van der Waals surface area contributed by atoms with Crippen molar-refractivity contribution in [2.75, 3.05) is 12.3 Å². The molecule has 0 aromatic heterocycles. The van der Waals surface area contributed by atoms with Gasteiger partial charge in [0.05, 0.1) is 0 Å². The fourth-order valence-electron chi connectivity index (χ4n) is 1.84. The Morgan fingerprint density at radius 2 is 1.94 bits per heavy atom. The highest BCUT2D eigenvalue weighted by molar-refractivity contribution is 7.85. The van der Waals surface area contributed by atoms with Crippen molar-refractivity contribution >= 4 is 10.8 Å². The maximum atomic E-state index is 12.0. The molecule has 0 heterocycles. The number of benzene rings is 1. The van der Waals surface area contributed by atoms with E-state index in [-0.39, 0.29) is 11.3 Å². The van der Waals surface area contributed by atoms with Crippen LogP contribution in [0.2, 0.25) is 0 Å². The Labute approximate surface area is 107 Å². The normalized spacial score (nSPS) is 14.9. The highest BCUT2D eigenvalue weighted by Crippen LogP contribution is 2.19. The van der Waals surface area contributed by atoms with Crippen molar-refractivity contribution in [3.8, 4) is 0 Å². The smallest absolute Gasteiger partial charge is 0.0439 e. The summed E-state index contributed by atoms with van der Waals surface area (Å²) < 4.78 is 12.0. The lowest BCUT2D eigenvalue weighted by molar-refractivity contribution is 0.590. The van der Waals surface area contributed by atoms with Gasteiger partial charge in [0.2, 0.25) is 0 Å². The summed E-state index contributed by atoms with van der Waals surface area (Å²) in [5, 5.41) is 3.65. The molecule has 0 fully saturated rings. The summed E-state index contributed by atoms with van der Waals surface area (Å²) >= 11 is 0. The molecule has 0 saturated heterocycles. The maximum absolute atomic E-state index is 12.0. The number of aryl methyl sites for hydroxylation is 1. The van der Waals surface area contributed by atoms with E-state index in [1.54, 1.807) is 0 Å². The highest BCUT2D eigenvalue weighted by Gasteiger charge is 2.17. The van der Waals surface area contributed by atoms with Gasteiger partial charge < -0.3 is 5.32 Å². The Bertz CT molecular complexity index is 376. The predicted molar refractivity (Wildman–Crippen MR) is 75.7 cm³/mol. The summed E-state index contributed by atoms with van der Waals surface area (Å²) in [7, 11) is -0.775. The van der Waals surface area contributed by atoms with E-state index in [0.29, 0.717) is 5.75 Å². The van der Waals surface area contributed by atoms with Gasteiger partial charge in [0.1, 0.15) is 0 Å². The van der Waals surface area contributed by atoms with Crippen molar-refractivity contribution in [2.45, 2.75) is 39.0 Å². The molecule has 0 radical (unpaired) electrons. The fourth-order valence-corrected chi connectivity index (χ4v) is 2.85. The Kier molecular flexibility index (Phi) is 5.86. The average Bonchev–Trinajstić information content (AvgIpc) is 2.29. The molecule has 2 nitrogen and oxygen atoms in total. The largest absolute Gasteiger partial charge is 0.309 e. The summed E-state index contributed by atoms with van der Waals surface area (Å²) in [6.45, 7) is 9.11. The van der Waals surface area contributed by atoms with E-state index in [4.69, 9.17) is 0 Å². The predicted octanol–water partition coefficient (Wildman–Crippen LogP) is 2.80. The molecular weight excluding hydrogens is 230 g/mol. The van der Waals surface area contributed by atoms with Crippen LogP contribution < -0.4 is 5.32 Å². The highest BCUT2D eigenvalue weighted by atomic mass is 32.2. The molecule has 1 aromatic carbocycles. The molecule has 0 saturated carbocycles. The van der Waals surface area contributed by atoms with Gasteiger partial charge in [0, 0.05) is 27.8 Å². The van der Waals surface area contributed by atoms with Crippen LogP contribution >= 0.6 is 0 Å². The van der Waals surface area contributed by atoms with Crippen LogP contribution in [0.15, 0.2) is 24.3 Å². The minimum absolute atomic E-state index is 0.199. The monoisotopic (exact) mass is 253 g/mol. The van der Waals surface area contributed by atoms with Gasteiger partial charge in [0.25, 0.3) is 0 Å². The molecule has 0 spiro atoms. The lowest BCUT2D eigenvalue weighted by Gasteiger charge is -2.21. The molecule has 0 aliphatic rings. The van der Waals surface area contributed by atoms with Gasteiger partial charge >= 0.3 is 0 Å². The molecule has 2 unspecified atom stereocenters. The molecule has 0 amide bonds. The van der Waals surface area contributed by atoms with Crippen LogP contribution in [0.4, 0.5) is 0 Å². The second-order valence-corrected chi connectivity index (χ2v) is 6.60. The van der Waals surface area contributed by atoms with Crippen LogP contribution in [-0.2, 0) is 10.8 Å². The van der Waals surface area contributed by atoms with E-state index in [9.17, 15) is 4.21 Å². The van der Waals surface area contributed by atoms with Crippen LogP contribution in [-0.4, -0.2) is 21.8 Å². The molecule has 17 heavy (non-hydrogen) atoms. The van der Waals surface area contributed by atoms with Gasteiger partial charge in [-0.1, -0.05) is 45.0 Å². The molecule has 2 atom stereocenters. The second kappa shape index (κ2) is 6.92. The Balaban J connectivity index is 2.86. The Morgan fingerprint density at radius 1 is 1.29 bits per heavy atom. The molecular formula is C14H23NOS. The van der Waals surface area contributed by atoms with Gasteiger partial charge in [-0.2, -0.15) is 0 Å². The van der Waals surface area contributed by atoms with Crippen LogP contribution in [0, 0.1) is 6.92 Å². The molecule has 0 aliphatic heterocycles. The number of nitrogens with one attached hydrogen (secondary N) is 1. The topological polar surface area (TPSA) is 29.1 Å². The second-order valence-electron chi connectivity index (χ2n) is 4.56. The van der Waals surface area contributed by atoms with Gasteiger partial charge in [0.15, 0.2) is 0 Å². The summed E-state index contributed by atoms with van der Waals surface area (Å²) in [6, 6.07) is 8.52. The zero-order valence-electron chi connectivity index (χ0n) is 11.2. The minimum atomic E-state index is -0.775. The maximum Gasteiger partial charge on any atom is 0.0439 e. The van der Waals surface area contributed by atoms with E-state index < -0.39 is 10.8 Å². The zero-order valence-corrected chi connectivity index (χ0v) is 12.0. The van der Waals surface area contributed by atoms with Crippen molar-refractivity contribution in [3.63, 3.8) is 0 Å². The van der Waals surface area contributed by atoms with Crippen molar-refractivity contribution in [2.24, 2.45) is 0 Å². The van der Waals surface area contributed by atoms with Crippen molar-refractivity contribution < 1.29 is 4.21 Å². The lowest BCUT2D eigenvalue weighted by Crippen LogP contribution is -2.28. The van der Waals surface area contributed by atoms with E-state index in [0.717, 1.165) is 6.54 Å². The summed E-state index contributed by atoms with van der Waals surface area (Å²) in [5.41, 5.74) is 2.53. The molecule has 1 aromatic rings. The van der Waals surface area contributed by atoms with Gasteiger partial charge in [-0.05, 0) is 24.6 Å². The Morgan fingerprint density at radius 3 is 2.47 bits per heavy atom. The third kappa shape index (κ3) is 4.25. The summed E-state index contributed by atoms with van der Waals surface area (Å²) in [4.78, 5) is 0. The number of hydrogen-bond donors (Lipinski definition) is 1. The minimum Gasteiger partial charge on any atom is -0.309 e. The van der Waals surface area contributed by atoms with Crippen molar-refractivity contribution in [1.29, 1.82) is 0 Å². The molecule has 1 N–H and O–H groups in total. The van der Waals surface area contributed by atoms with Gasteiger partial charge in [-0.15, -0.1) is 0 Å². The molecule has 3 heteroatoms. The standard InChI is InChI=1S/C14H23NOS/c1-5-15-14(10-17(16)11(2)3)13-9-7-6-8-12(13)4/h6-9,11,14-15H,5,10H2,1-4H3. The number of hydrogen-bond acceptors (Lipinski definition) is 2. The quantitative estimate of drug-likeness (QED) is 0.844. The van der Waals surface area contributed by atoms with E-state index in [1.807, 2.05) is 26.0 Å².